The molecule has 0 radical (unpaired) electrons. The SMILES string of the molecule is COc1cc(COC(=O)COc2ccc(Cl)cc2)c([N+](=O)[O-])cc1OC(F)F. The number of hydrogen-bond acceptors (Lipinski definition) is 7. The van der Waals surface area contributed by atoms with E-state index in [1.54, 1.807) is 24.3 Å². The predicted molar refractivity (Wildman–Crippen MR) is 93.0 cm³/mol. The topological polar surface area (TPSA) is 97.1 Å². The number of methoxy groups -OCH3 is 1. The van der Waals surface area contributed by atoms with E-state index in [2.05, 4.69) is 4.74 Å². The van der Waals surface area contributed by atoms with Gasteiger partial charge in [-0.2, -0.15) is 8.78 Å². The number of alkyl halides is 2. The van der Waals surface area contributed by atoms with Crippen molar-refractivity contribution in [3.8, 4) is 17.2 Å². The van der Waals surface area contributed by atoms with Crippen LogP contribution in [-0.4, -0.2) is 31.2 Å². The molecule has 150 valence electrons. The minimum absolute atomic E-state index is 0.0664. The number of ether oxygens (including phenoxy) is 4. The van der Waals surface area contributed by atoms with Crippen LogP contribution in [0.2, 0.25) is 5.02 Å². The van der Waals surface area contributed by atoms with Crippen LogP contribution in [0.4, 0.5) is 14.5 Å². The zero-order chi connectivity index (χ0) is 20.7. The molecule has 0 saturated carbocycles. The van der Waals surface area contributed by atoms with Gasteiger partial charge in [0.25, 0.3) is 5.69 Å². The highest BCUT2D eigenvalue weighted by Gasteiger charge is 2.22. The van der Waals surface area contributed by atoms with E-state index in [-0.39, 0.29) is 11.3 Å². The van der Waals surface area contributed by atoms with Crippen LogP contribution in [0.5, 0.6) is 17.2 Å². The van der Waals surface area contributed by atoms with Crippen molar-refractivity contribution in [1.29, 1.82) is 0 Å². The average molecular weight is 418 g/mol. The summed E-state index contributed by atoms with van der Waals surface area (Å²) in [6, 6.07) is 8.10. The largest absolute Gasteiger partial charge is 0.493 e. The Kier molecular flexibility index (Phi) is 7.33. The van der Waals surface area contributed by atoms with Crippen molar-refractivity contribution in [3.63, 3.8) is 0 Å². The van der Waals surface area contributed by atoms with Gasteiger partial charge in [-0.1, -0.05) is 11.6 Å². The van der Waals surface area contributed by atoms with Crippen LogP contribution in [0, 0.1) is 10.1 Å². The van der Waals surface area contributed by atoms with Gasteiger partial charge in [0.2, 0.25) is 0 Å². The van der Waals surface area contributed by atoms with Gasteiger partial charge in [0.15, 0.2) is 18.1 Å². The number of benzene rings is 2. The molecule has 0 bridgehead atoms. The number of halogens is 3. The minimum atomic E-state index is -3.19. The summed E-state index contributed by atoms with van der Waals surface area (Å²) in [4.78, 5) is 22.2. The Balaban J connectivity index is 2.06. The molecule has 0 atom stereocenters. The Morgan fingerprint density at radius 1 is 1.21 bits per heavy atom. The quantitative estimate of drug-likeness (QED) is 0.346. The number of nitro groups is 1. The van der Waals surface area contributed by atoms with E-state index in [0.717, 1.165) is 12.1 Å². The van der Waals surface area contributed by atoms with Crippen LogP contribution in [0.3, 0.4) is 0 Å². The number of esters is 1. The van der Waals surface area contributed by atoms with Crippen molar-refractivity contribution in [1.82, 2.24) is 0 Å². The second kappa shape index (κ2) is 9.70. The average Bonchev–Trinajstić information content (AvgIpc) is 2.65. The van der Waals surface area contributed by atoms with Gasteiger partial charge in [0, 0.05) is 5.02 Å². The molecule has 0 heterocycles. The summed E-state index contributed by atoms with van der Waals surface area (Å²) in [5, 5.41) is 11.7. The lowest BCUT2D eigenvalue weighted by Gasteiger charge is -2.12. The van der Waals surface area contributed by atoms with Crippen molar-refractivity contribution < 1.29 is 37.4 Å². The molecule has 0 aliphatic rings. The fourth-order valence-electron chi connectivity index (χ4n) is 2.10. The summed E-state index contributed by atoms with van der Waals surface area (Å²) in [6.45, 7) is -4.13. The molecule has 11 heteroatoms. The molecule has 0 saturated heterocycles. The molecule has 0 N–H and O–H groups in total. The molecule has 0 aliphatic carbocycles. The summed E-state index contributed by atoms with van der Waals surface area (Å²) in [6.07, 6.45) is 0. The third-order valence-corrected chi connectivity index (χ3v) is 3.59. The molecule has 0 unspecified atom stereocenters. The molecular weight excluding hydrogens is 404 g/mol. The van der Waals surface area contributed by atoms with Crippen molar-refractivity contribution in [2.75, 3.05) is 13.7 Å². The number of rotatable bonds is 9. The number of carbonyl (C=O) groups excluding carboxylic acids is 1. The van der Waals surface area contributed by atoms with Crippen molar-refractivity contribution in [3.05, 3.63) is 57.1 Å². The summed E-state index contributed by atoms with van der Waals surface area (Å²) >= 11 is 5.73. The highest BCUT2D eigenvalue weighted by atomic mass is 35.5. The lowest BCUT2D eigenvalue weighted by molar-refractivity contribution is -0.386. The molecule has 0 aromatic heterocycles. The molecule has 8 nitrogen and oxygen atoms in total. The van der Waals surface area contributed by atoms with Gasteiger partial charge in [0.1, 0.15) is 12.4 Å². The van der Waals surface area contributed by atoms with Crippen LogP contribution in [0.25, 0.3) is 0 Å². The maximum atomic E-state index is 12.4. The summed E-state index contributed by atoms with van der Waals surface area (Å²) < 4.78 is 44.1. The first-order valence-electron chi connectivity index (χ1n) is 7.64. The Morgan fingerprint density at radius 3 is 2.46 bits per heavy atom. The van der Waals surface area contributed by atoms with Gasteiger partial charge in [-0.05, 0) is 30.3 Å². The first kappa shape index (κ1) is 21.2. The normalized spacial score (nSPS) is 10.5. The van der Waals surface area contributed by atoms with Gasteiger partial charge < -0.3 is 18.9 Å². The van der Waals surface area contributed by atoms with Gasteiger partial charge in [-0.25, -0.2) is 4.79 Å². The van der Waals surface area contributed by atoms with Crippen molar-refractivity contribution >= 4 is 23.3 Å². The summed E-state index contributed by atoms with van der Waals surface area (Å²) in [5.74, 6) is -1.10. The van der Waals surface area contributed by atoms with E-state index < -0.39 is 42.2 Å². The smallest absolute Gasteiger partial charge is 0.387 e. The van der Waals surface area contributed by atoms with Crippen LogP contribution in [0.15, 0.2) is 36.4 Å². The Labute approximate surface area is 162 Å². The maximum Gasteiger partial charge on any atom is 0.387 e. The fraction of sp³-hybridized carbons (Fsp3) is 0.235. The lowest BCUT2D eigenvalue weighted by Crippen LogP contribution is -2.15. The highest BCUT2D eigenvalue weighted by Crippen LogP contribution is 2.36. The summed E-state index contributed by atoms with van der Waals surface area (Å²) in [5.41, 5.74) is -0.633. The van der Waals surface area contributed by atoms with Gasteiger partial charge in [0.05, 0.1) is 23.7 Å². The van der Waals surface area contributed by atoms with E-state index in [9.17, 15) is 23.7 Å². The zero-order valence-electron chi connectivity index (χ0n) is 14.4. The molecule has 0 aliphatic heterocycles. The predicted octanol–water partition coefficient (Wildman–Crippen LogP) is 3.98. The van der Waals surface area contributed by atoms with Crippen LogP contribution in [0.1, 0.15) is 5.56 Å². The Hall–Kier alpha value is -3.14. The monoisotopic (exact) mass is 417 g/mol. The number of nitrogens with zero attached hydrogens (tertiary/aromatic N) is 1. The first-order chi connectivity index (χ1) is 13.3. The van der Waals surface area contributed by atoms with E-state index in [1.807, 2.05) is 0 Å². The Morgan fingerprint density at radius 2 is 1.89 bits per heavy atom. The van der Waals surface area contributed by atoms with Crippen LogP contribution < -0.4 is 14.2 Å². The Bertz CT molecular complexity index is 846. The van der Waals surface area contributed by atoms with E-state index >= 15 is 0 Å². The molecule has 2 rings (SSSR count). The van der Waals surface area contributed by atoms with Gasteiger partial charge in [-0.3, -0.25) is 10.1 Å². The molecule has 0 fully saturated rings. The molecule has 0 amide bonds. The van der Waals surface area contributed by atoms with E-state index in [1.165, 1.54) is 7.11 Å². The number of carbonyl (C=O) groups is 1. The first-order valence-corrected chi connectivity index (χ1v) is 8.02. The molecule has 2 aromatic carbocycles. The third kappa shape index (κ3) is 5.95. The van der Waals surface area contributed by atoms with Gasteiger partial charge in [-0.15, -0.1) is 0 Å². The molecular formula is C17H14ClF2NO7. The second-order valence-electron chi connectivity index (χ2n) is 5.17. The second-order valence-corrected chi connectivity index (χ2v) is 5.61. The molecule has 28 heavy (non-hydrogen) atoms. The van der Waals surface area contributed by atoms with Crippen LogP contribution >= 0.6 is 11.6 Å². The molecule has 0 spiro atoms. The highest BCUT2D eigenvalue weighted by molar-refractivity contribution is 6.30. The summed E-state index contributed by atoms with van der Waals surface area (Å²) in [7, 11) is 1.18. The number of nitro benzene ring substituents is 1. The van der Waals surface area contributed by atoms with Crippen molar-refractivity contribution in [2.24, 2.45) is 0 Å². The van der Waals surface area contributed by atoms with Crippen molar-refractivity contribution in [2.45, 2.75) is 13.2 Å². The zero-order valence-corrected chi connectivity index (χ0v) is 15.2. The third-order valence-electron chi connectivity index (χ3n) is 3.34. The number of hydrogen-bond donors (Lipinski definition) is 0. The van der Waals surface area contributed by atoms with Gasteiger partial charge >= 0.3 is 12.6 Å². The minimum Gasteiger partial charge on any atom is -0.493 e. The van der Waals surface area contributed by atoms with E-state index in [0.29, 0.717) is 10.8 Å². The van der Waals surface area contributed by atoms with E-state index in [4.69, 9.17) is 25.8 Å². The lowest BCUT2D eigenvalue weighted by atomic mass is 10.1. The maximum absolute atomic E-state index is 12.4. The standard InChI is InChI=1S/C17H14ClF2NO7/c1-25-14-6-10(13(21(23)24)7-15(14)28-17(19)20)8-27-16(22)9-26-12-4-2-11(18)3-5-12/h2-7,17H,8-9H2,1H3. The molecule has 2 aromatic rings. The fourth-order valence-corrected chi connectivity index (χ4v) is 2.22. The van der Waals surface area contributed by atoms with Crippen LogP contribution in [-0.2, 0) is 16.1 Å².